The zero-order valence-corrected chi connectivity index (χ0v) is 9.33. The number of hydrogen-bond donors (Lipinski definition) is 1. The molecule has 2 heterocycles. The third-order valence-electron chi connectivity index (χ3n) is 3.14. The van der Waals surface area contributed by atoms with Gasteiger partial charge < -0.3 is 10.2 Å². The van der Waals surface area contributed by atoms with Crippen LogP contribution < -0.4 is 5.32 Å². The van der Waals surface area contributed by atoms with Crippen molar-refractivity contribution in [1.82, 2.24) is 10.2 Å². The Bertz CT molecular complexity index is 275. The smallest absolute Gasteiger partial charge is 0.244 e. The lowest BCUT2D eigenvalue weighted by Gasteiger charge is -2.14. The number of hydrogen-bond acceptors (Lipinski definition) is 3. The first-order valence-electron chi connectivity index (χ1n) is 5.82. The Morgan fingerprint density at radius 3 is 3.00 bits per heavy atom. The molecule has 0 bridgehead atoms. The molecule has 4 heteroatoms. The lowest BCUT2D eigenvalue weighted by molar-refractivity contribution is -0.127. The highest BCUT2D eigenvalue weighted by molar-refractivity contribution is 5.91. The minimum atomic E-state index is -0.0214. The summed E-state index contributed by atoms with van der Waals surface area (Å²) >= 11 is 0. The first-order chi connectivity index (χ1) is 7.27. The van der Waals surface area contributed by atoms with E-state index in [-0.39, 0.29) is 11.9 Å². The number of rotatable bonds is 1. The molecule has 0 spiro atoms. The topological polar surface area (TPSA) is 44.7 Å². The maximum Gasteiger partial charge on any atom is 0.244 e. The summed E-state index contributed by atoms with van der Waals surface area (Å²) in [6, 6.07) is -0.0214. The molecule has 0 saturated carbocycles. The van der Waals surface area contributed by atoms with Crippen LogP contribution in [0.3, 0.4) is 0 Å². The molecule has 2 aliphatic rings. The van der Waals surface area contributed by atoms with E-state index in [1.807, 2.05) is 7.05 Å². The van der Waals surface area contributed by atoms with Gasteiger partial charge in [0.15, 0.2) is 0 Å². The molecule has 2 rings (SSSR count). The average Bonchev–Trinajstić information content (AvgIpc) is 2.50. The summed E-state index contributed by atoms with van der Waals surface area (Å²) < 4.78 is 0. The SMILES string of the molecule is CN1CCC(NC2=NCCCCC2)C1=O. The van der Waals surface area contributed by atoms with E-state index in [1.165, 1.54) is 19.3 Å². The maximum atomic E-state index is 11.7. The molecule has 0 aromatic heterocycles. The molecule has 0 aromatic carbocycles. The van der Waals surface area contributed by atoms with Crippen molar-refractivity contribution < 1.29 is 4.79 Å². The maximum absolute atomic E-state index is 11.7. The number of likely N-dealkylation sites (tertiary alicyclic amines) is 1. The summed E-state index contributed by atoms with van der Waals surface area (Å²) in [6.07, 6.45) is 5.56. The molecule has 2 aliphatic heterocycles. The van der Waals surface area contributed by atoms with Crippen LogP contribution in [0.4, 0.5) is 0 Å². The van der Waals surface area contributed by atoms with Gasteiger partial charge in [0.1, 0.15) is 6.04 Å². The standard InChI is InChI=1S/C11H19N3O/c1-14-8-6-9(11(14)15)13-10-5-3-2-4-7-12-10/h9H,2-8H2,1H3,(H,12,13). The molecule has 4 nitrogen and oxygen atoms in total. The van der Waals surface area contributed by atoms with Crippen LogP contribution in [0.25, 0.3) is 0 Å². The van der Waals surface area contributed by atoms with Gasteiger partial charge in [-0.2, -0.15) is 0 Å². The third-order valence-corrected chi connectivity index (χ3v) is 3.14. The Morgan fingerprint density at radius 1 is 1.40 bits per heavy atom. The number of nitrogens with one attached hydrogen (secondary N) is 1. The summed E-state index contributed by atoms with van der Waals surface area (Å²) in [4.78, 5) is 17.9. The van der Waals surface area contributed by atoms with Crippen LogP contribution in [-0.2, 0) is 4.79 Å². The highest BCUT2D eigenvalue weighted by atomic mass is 16.2. The molecule has 1 N–H and O–H groups in total. The first-order valence-corrected chi connectivity index (χ1v) is 5.82. The minimum absolute atomic E-state index is 0.0214. The van der Waals surface area contributed by atoms with Crippen LogP contribution in [0.15, 0.2) is 4.99 Å². The van der Waals surface area contributed by atoms with E-state index in [0.717, 1.165) is 31.8 Å². The van der Waals surface area contributed by atoms with Crippen molar-refractivity contribution in [2.45, 2.75) is 38.1 Å². The normalized spacial score (nSPS) is 27.5. The molecule has 1 unspecified atom stereocenters. The average molecular weight is 209 g/mol. The Morgan fingerprint density at radius 2 is 2.27 bits per heavy atom. The summed E-state index contributed by atoms with van der Waals surface area (Å²) in [5, 5.41) is 3.30. The van der Waals surface area contributed by atoms with E-state index in [2.05, 4.69) is 10.3 Å². The molecule has 0 aliphatic carbocycles. The summed E-state index contributed by atoms with van der Waals surface area (Å²) in [5.74, 6) is 1.25. The van der Waals surface area contributed by atoms with Crippen LogP contribution >= 0.6 is 0 Å². The second-order valence-corrected chi connectivity index (χ2v) is 4.38. The van der Waals surface area contributed by atoms with E-state index in [4.69, 9.17) is 0 Å². The zero-order chi connectivity index (χ0) is 10.7. The first kappa shape index (κ1) is 10.5. The largest absolute Gasteiger partial charge is 0.362 e. The van der Waals surface area contributed by atoms with Crippen LogP contribution in [0, 0.1) is 0 Å². The van der Waals surface area contributed by atoms with Gasteiger partial charge in [0.25, 0.3) is 0 Å². The predicted molar refractivity (Wildman–Crippen MR) is 59.9 cm³/mol. The van der Waals surface area contributed by atoms with Crippen LogP contribution in [0.1, 0.15) is 32.1 Å². The van der Waals surface area contributed by atoms with Crippen molar-refractivity contribution in [3.63, 3.8) is 0 Å². The van der Waals surface area contributed by atoms with Gasteiger partial charge in [0.2, 0.25) is 5.91 Å². The fraction of sp³-hybridized carbons (Fsp3) is 0.818. The van der Waals surface area contributed by atoms with Crippen molar-refractivity contribution in [2.24, 2.45) is 4.99 Å². The van der Waals surface area contributed by atoms with E-state index in [9.17, 15) is 4.79 Å². The monoisotopic (exact) mass is 209 g/mol. The highest BCUT2D eigenvalue weighted by Gasteiger charge is 2.29. The van der Waals surface area contributed by atoms with E-state index >= 15 is 0 Å². The third kappa shape index (κ3) is 2.49. The van der Waals surface area contributed by atoms with Crippen molar-refractivity contribution in [1.29, 1.82) is 0 Å². The van der Waals surface area contributed by atoms with Crippen LogP contribution in [0.2, 0.25) is 0 Å². The fourth-order valence-corrected chi connectivity index (χ4v) is 2.15. The number of amides is 1. The fourth-order valence-electron chi connectivity index (χ4n) is 2.15. The van der Waals surface area contributed by atoms with Crippen molar-refractivity contribution in [3.05, 3.63) is 0 Å². The quantitative estimate of drug-likeness (QED) is 0.693. The summed E-state index contributed by atoms with van der Waals surface area (Å²) in [7, 11) is 1.86. The van der Waals surface area contributed by atoms with Crippen molar-refractivity contribution in [2.75, 3.05) is 20.1 Å². The Labute approximate surface area is 90.7 Å². The molecule has 1 amide bonds. The van der Waals surface area contributed by atoms with E-state index in [1.54, 1.807) is 4.90 Å². The number of carbonyl (C=O) groups is 1. The van der Waals surface area contributed by atoms with Gasteiger partial charge >= 0.3 is 0 Å². The molecule has 1 saturated heterocycles. The lowest BCUT2D eigenvalue weighted by Crippen LogP contribution is -2.40. The van der Waals surface area contributed by atoms with Gasteiger partial charge in [-0.3, -0.25) is 9.79 Å². The predicted octanol–water partition coefficient (Wildman–Crippen LogP) is 0.779. The Kier molecular flexibility index (Phi) is 3.23. The van der Waals surface area contributed by atoms with Gasteiger partial charge in [-0.15, -0.1) is 0 Å². The van der Waals surface area contributed by atoms with E-state index in [0.29, 0.717) is 0 Å². The molecular weight excluding hydrogens is 190 g/mol. The Balaban J connectivity index is 1.90. The molecule has 0 aromatic rings. The van der Waals surface area contributed by atoms with Gasteiger partial charge in [0, 0.05) is 26.6 Å². The molecule has 1 fully saturated rings. The zero-order valence-electron chi connectivity index (χ0n) is 9.33. The van der Waals surface area contributed by atoms with Gasteiger partial charge in [-0.25, -0.2) is 0 Å². The van der Waals surface area contributed by atoms with Crippen LogP contribution in [-0.4, -0.2) is 42.8 Å². The number of aliphatic imine (C=N–C) groups is 1. The number of nitrogens with zero attached hydrogens (tertiary/aromatic N) is 2. The van der Waals surface area contributed by atoms with Gasteiger partial charge in [0.05, 0.1) is 5.84 Å². The van der Waals surface area contributed by atoms with Crippen molar-refractivity contribution in [3.8, 4) is 0 Å². The molecule has 1 atom stereocenters. The molecule has 0 radical (unpaired) electrons. The van der Waals surface area contributed by atoms with E-state index < -0.39 is 0 Å². The number of likely N-dealkylation sites (N-methyl/N-ethyl adjacent to an activating group) is 1. The summed E-state index contributed by atoms with van der Waals surface area (Å²) in [6.45, 7) is 1.78. The minimum Gasteiger partial charge on any atom is -0.362 e. The molecule has 84 valence electrons. The summed E-state index contributed by atoms with van der Waals surface area (Å²) in [5.41, 5.74) is 0. The lowest BCUT2D eigenvalue weighted by atomic mass is 10.2. The highest BCUT2D eigenvalue weighted by Crippen LogP contribution is 2.11. The number of amidine groups is 1. The second-order valence-electron chi connectivity index (χ2n) is 4.38. The van der Waals surface area contributed by atoms with Gasteiger partial charge in [-0.05, 0) is 19.3 Å². The Hall–Kier alpha value is -1.06. The van der Waals surface area contributed by atoms with Crippen LogP contribution in [0.5, 0.6) is 0 Å². The van der Waals surface area contributed by atoms with Gasteiger partial charge in [-0.1, -0.05) is 6.42 Å². The molecular formula is C11H19N3O. The second kappa shape index (κ2) is 4.64. The molecule has 15 heavy (non-hydrogen) atoms. The number of carbonyl (C=O) groups excluding carboxylic acids is 1. The van der Waals surface area contributed by atoms with Crippen molar-refractivity contribution >= 4 is 11.7 Å².